The van der Waals surface area contributed by atoms with Crippen LogP contribution >= 0.6 is 0 Å². The highest BCUT2D eigenvalue weighted by Gasteiger charge is 2.30. The number of aliphatic hydroxyl groups is 1. The third-order valence-electron chi connectivity index (χ3n) is 4.49. The smallest absolute Gasteiger partial charge is 0.254 e. The molecule has 0 aliphatic heterocycles. The minimum atomic E-state index is -0.505. The van der Waals surface area contributed by atoms with Gasteiger partial charge in [-0.05, 0) is 38.5 Å². The minimum absolute atomic E-state index is 0.187. The molecule has 0 radical (unpaired) electrons. The molecular formula is C15H23N5O2. The predicted octanol–water partition coefficient (Wildman–Crippen LogP) is 0.889. The lowest BCUT2D eigenvalue weighted by Gasteiger charge is -2.27. The molecule has 0 bridgehead atoms. The summed E-state index contributed by atoms with van der Waals surface area (Å²) in [5.41, 5.74) is 5.79. The van der Waals surface area contributed by atoms with Crippen LogP contribution in [-0.2, 0) is 0 Å². The monoisotopic (exact) mass is 305 g/mol. The van der Waals surface area contributed by atoms with Gasteiger partial charge < -0.3 is 21.1 Å². The van der Waals surface area contributed by atoms with Gasteiger partial charge in [-0.15, -0.1) is 0 Å². The van der Waals surface area contributed by atoms with Crippen molar-refractivity contribution >= 4 is 17.7 Å². The molecule has 0 saturated heterocycles. The number of aromatic nitrogens is 2. The number of hydrogen-bond acceptors (Lipinski definition) is 6. The van der Waals surface area contributed by atoms with E-state index in [9.17, 15) is 9.90 Å². The Bertz CT molecular complexity index is 553. The zero-order valence-electron chi connectivity index (χ0n) is 12.8. The van der Waals surface area contributed by atoms with Crippen LogP contribution in [0.2, 0.25) is 0 Å². The standard InChI is InChI=1S/C15H23N5O2/c1-20(10-4-5-10)14-12(13(16)22)8-17-15(19-14)18-9-2-6-11(21)7-3-9/h8-11,21H,2-7H2,1H3,(H2,16,22)(H,17,18,19). The van der Waals surface area contributed by atoms with E-state index in [4.69, 9.17) is 5.73 Å². The Kier molecular flexibility index (Phi) is 4.15. The summed E-state index contributed by atoms with van der Waals surface area (Å²) >= 11 is 0. The highest BCUT2D eigenvalue weighted by Crippen LogP contribution is 2.31. The molecule has 1 aromatic heterocycles. The van der Waals surface area contributed by atoms with Crippen molar-refractivity contribution in [2.75, 3.05) is 17.3 Å². The summed E-state index contributed by atoms with van der Waals surface area (Å²) < 4.78 is 0. The summed E-state index contributed by atoms with van der Waals surface area (Å²) in [5.74, 6) is 0.618. The normalized spacial score (nSPS) is 24.8. The van der Waals surface area contributed by atoms with Crippen LogP contribution in [0.5, 0.6) is 0 Å². The number of primary amides is 1. The van der Waals surface area contributed by atoms with Gasteiger partial charge in [-0.25, -0.2) is 4.98 Å². The second-order valence-corrected chi connectivity index (χ2v) is 6.29. The maximum Gasteiger partial charge on any atom is 0.254 e. The molecule has 0 atom stereocenters. The van der Waals surface area contributed by atoms with Crippen LogP contribution in [0.15, 0.2) is 6.20 Å². The van der Waals surface area contributed by atoms with E-state index < -0.39 is 5.91 Å². The lowest BCUT2D eigenvalue weighted by Crippen LogP contribution is -2.30. The van der Waals surface area contributed by atoms with Crippen molar-refractivity contribution in [1.29, 1.82) is 0 Å². The van der Waals surface area contributed by atoms with Crippen molar-refractivity contribution in [2.45, 2.75) is 56.7 Å². The SMILES string of the molecule is CN(c1nc(NC2CCC(O)CC2)ncc1C(N)=O)C1CC1. The van der Waals surface area contributed by atoms with E-state index in [0.717, 1.165) is 38.5 Å². The van der Waals surface area contributed by atoms with Crippen LogP contribution in [0, 0.1) is 0 Å². The summed E-state index contributed by atoms with van der Waals surface area (Å²) in [5, 5.41) is 12.9. The maximum absolute atomic E-state index is 11.6. The number of rotatable bonds is 5. The molecule has 120 valence electrons. The fourth-order valence-electron chi connectivity index (χ4n) is 2.92. The second kappa shape index (κ2) is 6.08. The fourth-order valence-corrected chi connectivity index (χ4v) is 2.92. The van der Waals surface area contributed by atoms with Crippen LogP contribution in [0.25, 0.3) is 0 Å². The van der Waals surface area contributed by atoms with E-state index in [2.05, 4.69) is 15.3 Å². The topological polar surface area (TPSA) is 104 Å². The highest BCUT2D eigenvalue weighted by molar-refractivity contribution is 5.97. The summed E-state index contributed by atoms with van der Waals surface area (Å²) in [6, 6.07) is 0.701. The Hall–Kier alpha value is -1.89. The molecule has 1 aromatic rings. The zero-order chi connectivity index (χ0) is 15.7. The van der Waals surface area contributed by atoms with Crippen LogP contribution < -0.4 is 16.0 Å². The molecule has 3 rings (SSSR count). The van der Waals surface area contributed by atoms with Gasteiger partial charge in [0.05, 0.1) is 6.10 Å². The number of hydrogen-bond donors (Lipinski definition) is 3. The first kappa shape index (κ1) is 15.0. The molecule has 0 unspecified atom stereocenters. The van der Waals surface area contributed by atoms with Gasteiger partial charge in [-0.2, -0.15) is 4.98 Å². The van der Waals surface area contributed by atoms with Crippen molar-refractivity contribution in [3.8, 4) is 0 Å². The molecule has 2 aliphatic carbocycles. The van der Waals surface area contributed by atoms with Gasteiger partial charge >= 0.3 is 0 Å². The number of anilines is 2. The van der Waals surface area contributed by atoms with E-state index in [1.807, 2.05) is 11.9 Å². The largest absolute Gasteiger partial charge is 0.393 e. The quantitative estimate of drug-likeness (QED) is 0.746. The van der Waals surface area contributed by atoms with Crippen molar-refractivity contribution in [3.05, 3.63) is 11.8 Å². The van der Waals surface area contributed by atoms with Crippen LogP contribution in [0.1, 0.15) is 48.9 Å². The van der Waals surface area contributed by atoms with E-state index in [1.165, 1.54) is 6.20 Å². The first-order chi connectivity index (χ1) is 10.5. The molecule has 2 aliphatic rings. The van der Waals surface area contributed by atoms with Crippen molar-refractivity contribution in [1.82, 2.24) is 9.97 Å². The summed E-state index contributed by atoms with van der Waals surface area (Å²) in [4.78, 5) is 22.3. The highest BCUT2D eigenvalue weighted by atomic mass is 16.3. The molecule has 1 amide bonds. The average molecular weight is 305 g/mol. The molecule has 2 fully saturated rings. The number of nitrogens with two attached hydrogens (primary N) is 1. The molecule has 0 spiro atoms. The summed E-state index contributed by atoms with van der Waals surface area (Å²) in [6.45, 7) is 0. The van der Waals surface area contributed by atoms with E-state index in [0.29, 0.717) is 23.4 Å². The third kappa shape index (κ3) is 3.30. The van der Waals surface area contributed by atoms with Crippen molar-refractivity contribution < 1.29 is 9.90 Å². The summed E-state index contributed by atoms with van der Waals surface area (Å²) in [7, 11) is 1.94. The lowest BCUT2D eigenvalue weighted by atomic mass is 9.93. The molecule has 22 heavy (non-hydrogen) atoms. The maximum atomic E-state index is 11.6. The zero-order valence-corrected chi connectivity index (χ0v) is 12.8. The Labute approximate surface area is 129 Å². The van der Waals surface area contributed by atoms with Gasteiger partial charge in [0.15, 0.2) is 0 Å². The van der Waals surface area contributed by atoms with E-state index in [-0.39, 0.29) is 12.1 Å². The number of amides is 1. The molecule has 2 saturated carbocycles. The molecule has 0 aromatic carbocycles. The molecule has 7 heteroatoms. The molecule has 4 N–H and O–H groups in total. The van der Waals surface area contributed by atoms with Gasteiger partial charge in [0.2, 0.25) is 5.95 Å². The van der Waals surface area contributed by atoms with Gasteiger partial charge in [-0.1, -0.05) is 0 Å². The van der Waals surface area contributed by atoms with E-state index >= 15 is 0 Å². The Morgan fingerprint density at radius 3 is 2.59 bits per heavy atom. The van der Waals surface area contributed by atoms with Crippen molar-refractivity contribution in [2.24, 2.45) is 5.73 Å². The van der Waals surface area contributed by atoms with Gasteiger partial charge in [-0.3, -0.25) is 4.79 Å². The van der Waals surface area contributed by atoms with Crippen LogP contribution in [0.4, 0.5) is 11.8 Å². The minimum Gasteiger partial charge on any atom is -0.393 e. The number of aliphatic hydroxyl groups excluding tert-OH is 1. The number of carbonyl (C=O) groups excluding carboxylic acids is 1. The van der Waals surface area contributed by atoms with Crippen LogP contribution in [-0.4, -0.2) is 46.2 Å². The number of nitrogens with one attached hydrogen (secondary N) is 1. The van der Waals surface area contributed by atoms with Gasteiger partial charge in [0.25, 0.3) is 5.91 Å². The Morgan fingerprint density at radius 2 is 2.00 bits per heavy atom. The van der Waals surface area contributed by atoms with E-state index in [1.54, 1.807) is 0 Å². The fraction of sp³-hybridized carbons (Fsp3) is 0.667. The molecular weight excluding hydrogens is 282 g/mol. The number of carbonyl (C=O) groups is 1. The first-order valence-electron chi connectivity index (χ1n) is 7.89. The predicted molar refractivity (Wildman–Crippen MR) is 83.9 cm³/mol. The Morgan fingerprint density at radius 1 is 1.32 bits per heavy atom. The molecule has 1 heterocycles. The summed E-state index contributed by atoms with van der Waals surface area (Å²) in [6.07, 6.45) is 6.93. The van der Waals surface area contributed by atoms with Gasteiger partial charge in [0, 0.05) is 25.3 Å². The number of nitrogens with zero attached hydrogens (tertiary/aromatic N) is 3. The van der Waals surface area contributed by atoms with Crippen LogP contribution in [0.3, 0.4) is 0 Å². The second-order valence-electron chi connectivity index (χ2n) is 6.29. The van der Waals surface area contributed by atoms with Crippen molar-refractivity contribution in [3.63, 3.8) is 0 Å². The molecule has 7 nitrogen and oxygen atoms in total. The third-order valence-corrected chi connectivity index (χ3v) is 4.49. The average Bonchev–Trinajstić information content (AvgIpc) is 3.33. The Balaban J connectivity index is 1.77. The van der Waals surface area contributed by atoms with Gasteiger partial charge in [0.1, 0.15) is 11.4 Å². The lowest BCUT2D eigenvalue weighted by molar-refractivity contribution is 0.1000. The first-order valence-corrected chi connectivity index (χ1v) is 7.89.